The minimum atomic E-state index is -0.177. The molecule has 1 N–H and O–H groups in total. The molecule has 0 fully saturated rings. The first-order valence-electron chi connectivity index (χ1n) is 5.11. The molecule has 2 aromatic rings. The maximum Gasteiger partial charge on any atom is 0.256 e. The van der Waals surface area contributed by atoms with Gasteiger partial charge in [0.1, 0.15) is 11.3 Å². The van der Waals surface area contributed by atoms with Crippen molar-refractivity contribution in [2.75, 3.05) is 0 Å². The van der Waals surface area contributed by atoms with Gasteiger partial charge in [-0.1, -0.05) is 33.2 Å². The number of rotatable bonds is 3. The highest BCUT2D eigenvalue weighted by Crippen LogP contribution is 2.12. The molecule has 1 aromatic heterocycles. The summed E-state index contributed by atoms with van der Waals surface area (Å²) >= 11 is 3.38. The highest BCUT2D eigenvalue weighted by Gasteiger charge is 2.11. The molecule has 1 aromatic carbocycles. The molecule has 0 aliphatic heterocycles. The van der Waals surface area contributed by atoms with Gasteiger partial charge in [0, 0.05) is 11.0 Å². The molecule has 4 nitrogen and oxygen atoms in total. The molecule has 1 heterocycles. The summed E-state index contributed by atoms with van der Waals surface area (Å²) in [6.07, 6.45) is 1.42. The van der Waals surface area contributed by atoms with Crippen LogP contribution in [0.5, 0.6) is 0 Å². The van der Waals surface area contributed by atoms with Gasteiger partial charge in [-0.15, -0.1) is 0 Å². The number of nitrogens with one attached hydrogen (secondary N) is 1. The van der Waals surface area contributed by atoms with Gasteiger partial charge in [-0.3, -0.25) is 4.79 Å². The minimum Gasteiger partial charge on any atom is -0.361 e. The quantitative estimate of drug-likeness (QED) is 0.947. The number of hydrogen-bond donors (Lipinski definition) is 1. The summed E-state index contributed by atoms with van der Waals surface area (Å²) in [5, 5.41) is 6.38. The molecule has 0 radical (unpaired) electrons. The summed E-state index contributed by atoms with van der Waals surface area (Å²) in [5.41, 5.74) is 1.50. The largest absolute Gasteiger partial charge is 0.361 e. The molecule has 17 heavy (non-hydrogen) atoms. The van der Waals surface area contributed by atoms with Crippen LogP contribution in [0.3, 0.4) is 0 Å². The molecule has 0 spiro atoms. The number of carbonyl (C=O) groups is 1. The van der Waals surface area contributed by atoms with Crippen LogP contribution in [0.4, 0.5) is 0 Å². The van der Waals surface area contributed by atoms with E-state index >= 15 is 0 Å². The minimum absolute atomic E-state index is 0.177. The van der Waals surface area contributed by atoms with Gasteiger partial charge in [-0.25, -0.2) is 0 Å². The number of carbonyl (C=O) groups excluding carboxylic acids is 1. The Balaban J connectivity index is 1.99. The topological polar surface area (TPSA) is 55.1 Å². The van der Waals surface area contributed by atoms with Crippen molar-refractivity contribution in [2.45, 2.75) is 13.5 Å². The van der Waals surface area contributed by atoms with Gasteiger partial charge in [0.2, 0.25) is 0 Å². The zero-order valence-corrected chi connectivity index (χ0v) is 10.8. The first-order valence-corrected chi connectivity index (χ1v) is 5.90. The van der Waals surface area contributed by atoms with Crippen LogP contribution in [-0.4, -0.2) is 11.1 Å². The Bertz CT molecular complexity index is 537. The highest BCUT2D eigenvalue weighted by molar-refractivity contribution is 9.10. The van der Waals surface area contributed by atoms with Crippen LogP contribution in [0, 0.1) is 6.92 Å². The number of halogens is 1. The van der Waals surface area contributed by atoms with E-state index in [2.05, 4.69) is 26.4 Å². The van der Waals surface area contributed by atoms with E-state index in [1.165, 1.54) is 6.20 Å². The van der Waals surface area contributed by atoms with E-state index in [1.54, 1.807) is 6.92 Å². The normalized spacial score (nSPS) is 10.2. The molecular formula is C12H11BrN2O2. The van der Waals surface area contributed by atoms with Gasteiger partial charge >= 0.3 is 0 Å². The van der Waals surface area contributed by atoms with E-state index in [0.717, 1.165) is 10.0 Å². The van der Waals surface area contributed by atoms with E-state index in [4.69, 9.17) is 4.52 Å². The highest BCUT2D eigenvalue weighted by atomic mass is 79.9. The molecule has 0 saturated heterocycles. The Morgan fingerprint density at radius 3 is 3.00 bits per heavy atom. The molecule has 0 atom stereocenters. The Morgan fingerprint density at radius 2 is 2.35 bits per heavy atom. The van der Waals surface area contributed by atoms with Crippen LogP contribution in [0.15, 0.2) is 39.5 Å². The number of nitrogens with zero attached hydrogens (tertiary/aromatic N) is 1. The standard InChI is InChI=1S/C12H11BrN2O2/c1-8-11(7-15-17-8)12(16)14-6-9-3-2-4-10(13)5-9/h2-5,7H,6H2,1H3,(H,14,16). The van der Waals surface area contributed by atoms with Gasteiger partial charge in [0.25, 0.3) is 5.91 Å². The molecule has 0 aliphatic rings. The maximum atomic E-state index is 11.8. The van der Waals surface area contributed by atoms with Crippen molar-refractivity contribution >= 4 is 21.8 Å². The van der Waals surface area contributed by atoms with Crippen molar-refractivity contribution in [2.24, 2.45) is 0 Å². The van der Waals surface area contributed by atoms with Gasteiger partial charge in [-0.05, 0) is 24.6 Å². The zero-order valence-electron chi connectivity index (χ0n) is 9.24. The van der Waals surface area contributed by atoms with Gasteiger partial charge < -0.3 is 9.84 Å². The molecule has 1 amide bonds. The van der Waals surface area contributed by atoms with Crippen molar-refractivity contribution in [3.8, 4) is 0 Å². The van der Waals surface area contributed by atoms with E-state index in [9.17, 15) is 4.79 Å². The lowest BCUT2D eigenvalue weighted by Gasteiger charge is -2.04. The first-order chi connectivity index (χ1) is 8.16. The fourth-order valence-corrected chi connectivity index (χ4v) is 1.89. The molecule has 0 saturated carbocycles. The average Bonchev–Trinajstić information content (AvgIpc) is 2.72. The van der Waals surface area contributed by atoms with Crippen LogP contribution >= 0.6 is 15.9 Å². The lowest BCUT2D eigenvalue weighted by molar-refractivity contribution is 0.0949. The van der Waals surface area contributed by atoms with Crippen LogP contribution in [0.25, 0.3) is 0 Å². The second-order valence-electron chi connectivity index (χ2n) is 3.61. The third-order valence-electron chi connectivity index (χ3n) is 2.34. The summed E-state index contributed by atoms with van der Waals surface area (Å²) in [6, 6.07) is 7.78. The summed E-state index contributed by atoms with van der Waals surface area (Å²) in [4.78, 5) is 11.8. The Labute approximate surface area is 107 Å². The molecule has 0 unspecified atom stereocenters. The van der Waals surface area contributed by atoms with Crippen molar-refractivity contribution < 1.29 is 9.32 Å². The number of amides is 1. The third kappa shape index (κ3) is 2.94. The smallest absolute Gasteiger partial charge is 0.256 e. The fraction of sp³-hybridized carbons (Fsp3) is 0.167. The van der Waals surface area contributed by atoms with Gasteiger partial charge in [0.15, 0.2) is 0 Å². The van der Waals surface area contributed by atoms with Gasteiger partial charge in [-0.2, -0.15) is 0 Å². The van der Waals surface area contributed by atoms with Gasteiger partial charge in [0.05, 0.1) is 6.20 Å². The molecule has 5 heteroatoms. The molecule has 2 rings (SSSR count). The monoisotopic (exact) mass is 294 g/mol. The SMILES string of the molecule is Cc1oncc1C(=O)NCc1cccc(Br)c1. The summed E-state index contributed by atoms with van der Waals surface area (Å²) < 4.78 is 5.83. The molecule has 0 bridgehead atoms. The molecular weight excluding hydrogens is 284 g/mol. The number of aryl methyl sites for hydroxylation is 1. The number of benzene rings is 1. The van der Waals surface area contributed by atoms with Crippen LogP contribution in [0.1, 0.15) is 21.7 Å². The van der Waals surface area contributed by atoms with Crippen LogP contribution in [-0.2, 0) is 6.54 Å². The summed E-state index contributed by atoms with van der Waals surface area (Å²) in [6.45, 7) is 2.18. The Morgan fingerprint density at radius 1 is 1.53 bits per heavy atom. The predicted molar refractivity (Wildman–Crippen MR) is 66.6 cm³/mol. The Hall–Kier alpha value is -1.62. The molecule has 0 aliphatic carbocycles. The first kappa shape index (κ1) is 11.9. The van der Waals surface area contributed by atoms with E-state index in [-0.39, 0.29) is 5.91 Å². The summed E-state index contributed by atoms with van der Waals surface area (Å²) in [5.74, 6) is 0.348. The van der Waals surface area contributed by atoms with Crippen LogP contribution in [0.2, 0.25) is 0 Å². The summed E-state index contributed by atoms with van der Waals surface area (Å²) in [7, 11) is 0. The third-order valence-corrected chi connectivity index (χ3v) is 2.83. The lowest BCUT2D eigenvalue weighted by atomic mass is 10.2. The fourth-order valence-electron chi connectivity index (χ4n) is 1.44. The van der Waals surface area contributed by atoms with Crippen molar-refractivity contribution in [1.82, 2.24) is 10.5 Å². The molecule has 88 valence electrons. The number of aromatic nitrogens is 1. The van der Waals surface area contributed by atoms with E-state index in [1.807, 2.05) is 24.3 Å². The second kappa shape index (κ2) is 5.14. The van der Waals surface area contributed by atoms with Crippen molar-refractivity contribution in [1.29, 1.82) is 0 Å². The average molecular weight is 295 g/mol. The van der Waals surface area contributed by atoms with Crippen LogP contribution < -0.4 is 5.32 Å². The maximum absolute atomic E-state index is 11.8. The Kier molecular flexibility index (Phi) is 3.58. The second-order valence-corrected chi connectivity index (χ2v) is 4.52. The van der Waals surface area contributed by atoms with Crippen molar-refractivity contribution in [3.05, 3.63) is 51.8 Å². The lowest BCUT2D eigenvalue weighted by Crippen LogP contribution is -2.22. The number of hydrogen-bond acceptors (Lipinski definition) is 3. The predicted octanol–water partition coefficient (Wildman–Crippen LogP) is 2.68. The zero-order chi connectivity index (χ0) is 12.3. The van der Waals surface area contributed by atoms with E-state index < -0.39 is 0 Å². The van der Waals surface area contributed by atoms with E-state index in [0.29, 0.717) is 17.9 Å². The van der Waals surface area contributed by atoms with Crippen molar-refractivity contribution in [3.63, 3.8) is 0 Å².